The van der Waals surface area contributed by atoms with Gasteiger partial charge in [-0.15, -0.1) is 0 Å². The lowest BCUT2D eigenvalue weighted by Gasteiger charge is -2.66. The van der Waals surface area contributed by atoms with Crippen LogP contribution in [0.5, 0.6) is 0 Å². The molecule has 0 aromatic heterocycles. The molecule has 4 fully saturated rings. The van der Waals surface area contributed by atoms with Crippen LogP contribution in [0, 0.1) is 46.3 Å². The first kappa shape index (κ1) is 30.3. The molecule has 6 unspecified atom stereocenters. The van der Waals surface area contributed by atoms with Gasteiger partial charge in [0.05, 0.1) is 36.1 Å². The van der Waals surface area contributed by atoms with Gasteiger partial charge in [0.15, 0.2) is 0 Å². The standard InChI is InChI=1S/C27H46O10S/c1-13(2)15(28)7-6-14(3)19-22(31)23(32)24-26(19,5)11-9-18-25(4)10-8-17(37-38(34,35)36)21(30)20(25)16(29)12-27(18,24)33/h6-7,13-24,28-33H,8-12H2,1-5H3,(H,34,35,36)/b7-6+/t14-,15?,16?,17+,18?,19+,20?,21+,22-,23?,24?,25-,26-,27+/m1/s1. The lowest BCUT2D eigenvalue weighted by Crippen LogP contribution is -2.71. The molecule has 4 saturated carbocycles. The fourth-order valence-electron chi connectivity index (χ4n) is 9.43. The van der Waals surface area contributed by atoms with E-state index in [-0.39, 0.29) is 24.7 Å². The van der Waals surface area contributed by atoms with Crippen LogP contribution in [0.4, 0.5) is 0 Å². The Labute approximate surface area is 225 Å². The molecular weight excluding hydrogens is 516 g/mol. The SMILES string of the molecule is CC(C)C(O)/C=C/[C@@H](C)[C@H]1[C@@H](O)C(O)C2[C@]3(O)CC(O)C4[C@@H](O)[C@@H](OS(=O)(=O)O)CC[C@]4(C)C3CC[C@@]21C. The highest BCUT2D eigenvalue weighted by Crippen LogP contribution is 2.69. The van der Waals surface area contributed by atoms with Crippen molar-refractivity contribution in [3.63, 3.8) is 0 Å². The molecule has 38 heavy (non-hydrogen) atoms. The second kappa shape index (κ2) is 10.0. The minimum Gasteiger partial charge on any atom is -0.393 e. The summed E-state index contributed by atoms with van der Waals surface area (Å²) in [6, 6.07) is 0. The number of hydrogen-bond donors (Lipinski definition) is 7. The molecule has 4 aliphatic rings. The van der Waals surface area contributed by atoms with E-state index < -0.39 is 87.1 Å². The second-order valence-corrected chi connectivity index (χ2v) is 14.5. The van der Waals surface area contributed by atoms with E-state index >= 15 is 0 Å². The minimum absolute atomic E-state index is 0.0303. The number of rotatable bonds is 6. The van der Waals surface area contributed by atoms with E-state index in [0.29, 0.717) is 19.3 Å². The summed E-state index contributed by atoms with van der Waals surface area (Å²) in [5.74, 6) is -2.54. The summed E-state index contributed by atoms with van der Waals surface area (Å²) in [6.07, 6.45) is -1.83. The Balaban J connectivity index is 1.67. The summed E-state index contributed by atoms with van der Waals surface area (Å²) >= 11 is 0. The van der Waals surface area contributed by atoms with Crippen molar-refractivity contribution >= 4 is 10.4 Å². The Morgan fingerprint density at radius 3 is 2.11 bits per heavy atom. The van der Waals surface area contributed by atoms with Gasteiger partial charge in [-0.1, -0.05) is 46.8 Å². The van der Waals surface area contributed by atoms with Crippen LogP contribution in [-0.2, 0) is 14.6 Å². The Hall–Kier alpha value is -0.630. The van der Waals surface area contributed by atoms with Gasteiger partial charge in [-0.3, -0.25) is 4.55 Å². The van der Waals surface area contributed by atoms with E-state index in [2.05, 4.69) is 0 Å². The molecule has 0 bridgehead atoms. The van der Waals surface area contributed by atoms with E-state index in [9.17, 15) is 39.1 Å². The van der Waals surface area contributed by atoms with Gasteiger partial charge in [-0.25, -0.2) is 4.18 Å². The number of aliphatic hydroxyl groups excluding tert-OH is 5. The summed E-state index contributed by atoms with van der Waals surface area (Å²) in [6.45, 7) is 9.60. The predicted octanol–water partition coefficient (Wildman–Crippen LogP) is 1.04. The van der Waals surface area contributed by atoms with Crippen molar-refractivity contribution in [2.75, 3.05) is 0 Å². The van der Waals surface area contributed by atoms with Crippen LogP contribution in [0.1, 0.15) is 66.7 Å². The monoisotopic (exact) mass is 562 g/mol. The third kappa shape index (κ3) is 4.69. The molecule has 220 valence electrons. The van der Waals surface area contributed by atoms with Gasteiger partial charge in [0.25, 0.3) is 0 Å². The maximum atomic E-state index is 12.4. The van der Waals surface area contributed by atoms with Crippen LogP contribution in [0.15, 0.2) is 12.2 Å². The van der Waals surface area contributed by atoms with Gasteiger partial charge >= 0.3 is 10.4 Å². The van der Waals surface area contributed by atoms with E-state index in [1.54, 1.807) is 6.08 Å². The predicted molar refractivity (Wildman–Crippen MR) is 138 cm³/mol. The molecule has 0 aliphatic heterocycles. The first-order valence-electron chi connectivity index (χ1n) is 13.8. The Kier molecular flexibility index (Phi) is 8.00. The molecule has 11 heteroatoms. The number of hydrogen-bond acceptors (Lipinski definition) is 9. The molecule has 7 N–H and O–H groups in total. The van der Waals surface area contributed by atoms with E-state index in [4.69, 9.17) is 8.74 Å². The molecule has 4 aliphatic carbocycles. The summed E-state index contributed by atoms with van der Waals surface area (Å²) in [5, 5.41) is 67.7. The van der Waals surface area contributed by atoms with Crippen molar-refractivity contribution in [2.45, 2.75) is 109 Å². The molecule has 0 saturated heterocycles. The molecule has 0 radical (unpaired) electrons. The van der Waals surface area contributed by atoms with Gasteiger partial charge in [0.1, 0.15) is 6.10 Å². The molecule has 0 spiro atoms. The summed E-state index contributed by atoms with van der Waals surface area (Å²) < 4.78 is 36.5. The first-order chi connectivity index (χ1) is 17.4. The van der Waals surface area contributed by atoms with E-state index in [1.165, 1.54) is 0 Å². The van der Waals surface area contributed by atoms with Crippen LogP contribution in [0.25, 0.3) is 0 Å². The van der Waals surface area contributed by atoms with Gasteiger partial charge in [0.2, 0.25) is 0 Å². The average molecular weight is 563 g/mol. The Morgan fingerprint density at radius 1 is 0.921 bits per heavy atom. The smallest absolute Gasteiger partial charge is 0.393 e. The van der Waals surface area contributed by atoms with Crippen LogP contribution in [0.2, 0.25) is 0 Å². The highest BCUT2D eigenvalue weighted by atomic mass is 32.3. The fraction of sp³-hybridized carbons (Fsp3) is 0.926. The Bertz CT molecular complexity index is 1020. The van der Waals surface area contributed by atoms with Crippen molar-refractivity contribution in [1.29, 1.82) is 0 Å². The van der Waals surface area contributed by atoms with Crippen molar-refractivity contribution in [3.8, 4) is 0 Å². The van der Waals surface area contributed by atoms with Crippen molar-refractivity contribution < 1.29 is 47.8 Å². The fourth-order valence-corrected chi connectivity index (χ4v) is 9.95. The van der Waals surface area contributed by atoms with Crippen molar-refractivity contribution in [3.05, 3.63) is 12.2 Å². The molecule has 0 aromatic carbocycles. The highest BCUT2D eigenvalue weighted by Gasteiger charge is 2.73. The summed E-state index contributed by atoms with van der Waals surface area (Å²) in [7, 11) is -4.80. The quantitative estimate of drug-likeness (QED) is 0.182. The van der Waals surface area contributed by atoms with Gasteiger partial charge in [-0.2, -0.15) is 8.42 Å². The van der Waals surface area contributed by atoms with Crippen LogP contribution < -0.4 is 0 Å². The third-order valence-electron chi connectivity index (χ3n) is 11.0. The maximum Gasteiger partial charge on any atom is 0.397 e. The lowest BCUT2D eigenvalue weighted by molar-refractivity contribution is -0.279. The molecule has 10 nitrogen and oxygen atoms in total. The Morgan fingerprint density at radius 2 is 1.53 bits per heavy atom. The van der Waals surface area contributed by atoms with Crippen molar-refractivity contribution in [1.82, 2.24) is 0 Å². The zero-order chi connectivity index (χ0) is 28.6. The zero-order valence-electron chi connectivity index (χ0n) is 22.9. The van der Waals surface area contributed by atoms with Gasteiger partial charge < -0.3 is 30.6 Å². The maximum absolute atomic E-state index is 12.4. The second-order valence-electron chi connectivity index (χ2n) is 13.4. The molecular formula is C27H46O10S. The van der Waals surface area contributed by atoms with Crippen LogP contribution in [-0.4, -0.2) is 85.8 Å². The van der Waals surface area contributed by atoms with Crippen LogP contribution >= 0.6 is 0 Å². The number of allylic oxidation sites excluding steroid dienone is 1. The minimum atomic E-state index is -4.80. The molecule has 0 heterocycles. The summed E-state index contributed by atoms with van der Waals surface area (Å²) in [4.78, 5) is 0. The van der Waals surface area contributed by atoms with Gasteiger partial charge in [-0.05, 0) is 60.2 Å². The number of aliphatic hydroxyl groups is 6. The van der Waals surface area contributed by atoms with Gasteiger partial charge in [0, 0.05) is 18.3 Å². The zero-order valence-corrected chi connectivity index (χ0v) is 23.7. The molecule has 0 amide bonds. The summed E-state index contributed by atoms with van der Waals surface area (Å²) in [5.41, 5.74) is -3.00. The number of fused-ring (bicyclic) bond motifs is 5. The third-order valence-corrected chi connectivity index (χ3v) is 11.5. The topological polar surface area (TPSA) is 185 Å². The van der Waals surface area contributed by atoms with E-state index in [1.807, 2.05) is 40.7 Å². The van der Waals surface area contributed by atoms with E-state index in [0.717, 1.165) is 0 Å². The van der Waals surface area contributed by atoms with Crippen LogP contribution in [0.3, 0.4) is 0 Å². The molecule has 0 aromatic rings. The molecule has 14 atom stereocenters. The normalized spacial score (nSPS) is 50.9. The highest BCUT2D eigenvalue weighted by molar-refractivity contribution is 7.80. The largest absolute Gasteiger partial charge is 0.397 e. The molecule has 4 rings (SSSR count). The average Bonchev–Trinajstić information content (AvgIpc) is 2.98. The van der Waals surface area contributed by atoms with Crippen molar-refractivity contribution in [2.24, 2.45) is 46.3 Å². The first-order valence-corrected chi connectivity index (χ1v) is 15.2. The lowest BCUT2D eigenvalue weighted by atomic mass is 9.41.